The Morgan fingerprint density at radius 3 is 2.47 bits per heavy atom. The maximum absolute atomic E-state index is 12.6. The van der Waals surface area contributed by atoms with Crippen LogP contribution in [0.4, 0.5) is 24.5 Å². The number of nitrogens with two attached hydrogens (primary N) is 1. The van der Waals surface area contributed by atoms with E-state index in [1.54, 1.807) is 48.5 Å². The molecule has 4 rings (SSSR count). The summed E-state index contributed by atoms with van der Waals surface area (Å²) in [6, 6.07) is 19.5. The minimum Gasteiger partial charge on any atom is -0.494 e. The number of halogens is 3. The lowest BCUT2D eigenvalue weighted by molar-refractivity contribution is -0.274. The number of alkyl halides is 3. The van der Waals surface area contributed by atoms with Gasteiger partial charge in [-0.1, -0.05) is 36.4 Å². The topological polar surface area (TPSA) is 83.6 Å². The number of aromatic hydroxyl groups is 1. The number of benzene rings is 3. The molecule has 1 aromatic heterocycles. The molecule has 0 aliphatic carbocycles. The Morgan fingerprint density at radius 1 is 0.967 bits per heavy atom. The molecule has 4 N–H and O–H groups in total. The van der Waals surface area contributed by atoms with Crippen molar-refractivity contribution in [3.63, 3.8) is 0 Å². The number of aromatic nitrogens is 1. The van der Waals surface area contributed by atoms with Gasteiger partial charge in [-0.05, 0) is 30.3 Å². The molecule has 0 bridgehead atoms. The molecule has 0 atom stereocenters. The van der Waals surface area contributed by atoms with Crippen LogP contribution in [0.3, 0.4) is 0 Å². The van der Waals surface area contributed by atoms with Gasteiger partial charge in [0, 0.05) is 28.2 Å². The van der Waals surface area contributed by atoms with Crippen molar-refractivity contribution in [2.24, 2.45) is 4.99 Å². The van der Waals surface area contributed by atoms with Gasteiger partial charge in [-0.3, -0.25) is 0 Å². The molecular formula is C22H16F3N3O2. The molecule has 5 nitrogen and oxygen atoms in total. The summed E-state index contributed by atoms with van der Waals surface area (Å²) in [7, 11) is 0. The van der Waals surface area contributed by atoms with Crippen LogP contribution in [-0.2, 0) is 0 Å². The van der Waals surface area contributed by atoms with Crippen molar-refractivity contribution in [3.05, 3.63) is 83.9 Å². The Morgan fingerprint density at radius 2 is 1.73 bits per heavy atom. The van der Waals surface area contributed by atoms with Crippen molar-refractivity contribution in [1.29, 1.82) is 0 Å². The fraction of sp³-hybridized carbons (Fsp3) is 0.0455. The van der Waals surface area contributed by atoms with E-state index >= 15 is 0 Å². The molecule has 0 saturated heterocycles. The predicted octanol–water partition coefficient (Wildman–Crippen LogP) is 5.52. The third-order valence-electron chi connectivity index (χ3n) is 4.38. The highest BCUT2D eigenvalue weighted by Crippen LogP contribution is 2.33. The Kier molecular flexibility index (Phi) is 4.83. The number of aliphatic imine (C=N–C) groups is 1. The summed E-state index contributed by atoms with van der Waals surface area (Å²) < 4.78 is 41.7. The maximum Gasteiger partial charge on any atom is 0.573 e. The molecule has 0 unspecified atom stereocenters. The van der Waals surface area contributed by atoms with Crippen molar-refractivity contribution >= 4 is 28.0 Å². The van der Waals surface area contributed by atoms with E-state index in [2.05, 4.69) is 14.7 Å². The molecule has 0 amide bonds. The maximum atomic E-state index is 12.6. The first-order valence-corrected chi connectivity index (χ1v) is 8.90. The molecular weight excluding hydrogens is 395 g/mol. The van der Waals surface area contributed by atoms with E-state index in [1.165, 1.54) is 18.2 Å². The third kappa shape index (κ3) is 4.07. The first kappa shape index (κ1) is 19.4. The van der Waals surface area contributed by atoms with Gasteiger partial charge in [-0.2, -0.15) is 0 Å². The highest BCUT2D eigenvalue weighted by atomic mass is 19.4. The number of fused-ring (bicyclic) bond motifs is 1. The SMILES string of the molecule is Nc1ccc2[nH]c(O)c(C(=Nc3cccc(OC(F)(F)F)c3)c3ccccc3)c2c1. The second-order valence-corrected chi connectivity index (χ2v) is 6.53. The van der Waals surface area contributed by atoms with Crippen LogP contribution in [0.25, 0.3) is 10.9 Å². The number of rotatable bonds is 4. The summed E-state index contributed by atoms with van der Waals surface area (Å²) in [6.45, 7) is 0. The molecule has 0 radical (unpaired) electrons. The summed E-state index contributed by atoms with van der Waals surface area (Å²) in [5.74, 6) is -0.510. The average molecular weight is 411 g/mol. The third-order valence-corrected chi connectivity index (χ3v) is 4.38. The molecule has 0 aliphatic rings. The molecule has 30 heavy (non-hydrogen) atoms. The number of hydrogen-bond acceptors (Lipinski definition) is 4. The van der Waals surface area contributed by atoms with Crippen molar-refractivity contribution in [2.45, 2.75) is 6.36 Å². The van der Waals surface area contributed by atoms with E-state index in [0.29, 0.717) is 33.4 Å². The molecule has 3 aromatic carbocycles. The molecule has 0 spiro atoms. The molecule has 0 aliphatic heterocycles. The van der Waals surface area contributed by atoms with E-state index < -0.39 is 6.36 Å². The Hall–Kier alpha value is -3.94. The van der Waals surface area contributed by atoms with Crippen LogP contribution >= 0.6 is 0 Å². The second-order valence-electron chi connectivity index (χ2n) is 6.53. The number of H-pyrrole nitrogens is 1. The Balaban J connectivity index is 1.91. The number of hydrogen-bond donors (Lipinski definition) is 3. The molecule has 8 heteroatoms. The lowest BCUT2D eigenvalue weighted by Gasteiger charge is -2.10. The molecule has 1 heterocycles. The van der Waals surface area contributed by atoms with Gasteiger partial charge in [-0.25, -0.2) is 4.99 Å². The molecule has 0 fully saturated rings. The minimum atomic E-state index is -4.81. The van der Waals surface area contributed by atoms with Gasteiger partial charge < -0.3 is 20.6 Å². The van der Waals surface area contributed by atoms with E-state index in [4.69, 9.17) is 5.73 Å². The zero-order valence-electron chi connectivity index (χ0n) is 15.4. The predicted molar refractivity (Wildman–Crippen MR) is 109 cm³/mol. The molecule has 4 aromatic rings. The Bertz CT molecular complexity index is 1230. The summed E-state index contributed by atoms with van der Waals surface area (Å²) in [5, 5.41) is 11.2. The zero-order valence-corrected chi connectivity index (χ0v) is 15.4. The average Bonchev–Trinajstić information content (AvgIpc) is 3.01. The highest BCUT2D eigenvalue weighted by Gasteiger charge is 2.31. The second kappa shape index (κ2) is 7.47. The van der Waals surface area contributed by atoms with Crippen molar-refractivity contribution in [3.8, 4) is 11.6 Å². The molecule has 0 saturated carbocycles. The van der Waals surface area contributed by atoms with Crippen LogP contribution < -0.4 is 10.5 Å². The van der Waals surface area contributed by atoms with E-state index in [-0.39, 0.29) is 17.3 Å². The van der Waals surface area contributed by atoms with E-state index in [9.17, 15) is 18.3 Å². The summed E-state index contributed by atoms with van der Waals surface area (Å²) in [5.41, 5.74) is 8.72. The van der Waals surface area contributed by atoms with Crippen LogP contribution in [0, 0.1) is 0 Å². The summed E-state index contributed by atoms with van der Waals surface area (Å²) >= 11 is 0. The number of nitrogen functional groups attached to an aromatic ring is 1. The number of nitrogens with zero attached hydrogens (tertiary/aromatic N) is 1. The van der Waals surface area contributed by atoms with Gasteiger partial charge in [0.2, 0.25) is 0 Å². The smallest absolute Gasteiger partial charge is 0.494 e. The first-order valence-electron chi connectivity index (χ1n) is 8.90. The first-order chi connectivity index (χ1) is 14.3. The lowest BCUT2D eigenvalue weighted by atomic mass is 10.0. The number of aromatic amines is 1. The normalized spacial score (nSPS) is 12.3. The monoisotopic (exact) mass is 411 g/mol. The number of nitrogens with one attached hydrogen (secondary N) is 1. The minimum absolute atomic E-state index is 0.124. The number of ether oxygens (including phenoxy) is 1. The number of anilines is 1. The molecule has 152 valence electrons. The van der Waals surface area contributed by atoms with Crippen molar-refractivity contribution in [1.82, 2.24) is 4.98 Å². The van der Waals surface area contributed by atoms with Gasteiger partial charge in [0.1, 0.15) is 5.75 Å². The largest absolute Gasteiger partial charge is 0.573 e. The van der Waals surface area contributed by atoms with Crippen molar-refractivity contribution < 1.29 is 23.0 Å². The van der Waals surface area contributed by atoms with Crippen LogP contribution in [0.5, 0.6) is 11.6 Å². The Labute approximate surface area is 169 Å². The van der Waals surface area contributed by atoms with Gasteiger partial charge in [0.25, 0.3) is 0 Å². The van der Waals surface area contributed by atoms with Crippen LogP contribution in [0.1, 0.15) is 11.1 Å². The van der Waals surface area contributed by atoms with Crippen LogP contribution in [-0.4, -0.2) is 22.2 Å². The van der Waals surface area contributed by atoms with Gasteiger partial charge in [-0.15, -0.1) is 13.2 Å². The summed E-state index contributed by atoms with van der Waals surface area (Å²) in [4.78, 5) is 7.43. The van der Waals surface area contributed by atoms with Crippen molar-refractivity contribution in [2.75, 3.05) is 5.73 Å². The van der Waals surface area contributed by atoms with E-state index in [0.717, 1.165) is 0 Å². The quantitative estimate of drug-likeness (QED) is 0.305. The van der Waals surface area contributed by atoms with Gasteiger partial charge >= 0.3 is 6.36 Å². The standard InChI is InChI=1S/C22H16F3N3O2/c23-22(24,25)30-16-8-4-7-15(12-16)27-20(13-5-2-1-3-6-13)19-17-11-14(26)9-10-18(17)28-21(19)29/h1-12,28-29H,26H2. The lowest BCUT2D eigenvalue weighted by Crippen LogP contribution is -2.16. The fourth-order valence-corrected chi connectivity index (χ4v) is 3.18. The van der Waals surface area contributed by atoms with Gasteiger partial charge in [0.15, 0.2) is 5.88 Å². The summed E-state index contributed by atoms with van der Waals surface area (Å²) in [6.07, 6.45) is -4.81. The van der Waals surface area contributed by atoms with Crippen LogP contribution in [0.2, 0.25) is 0 Å². The zero-order chi connectivity index (χ0) is 21.3. The highest BCUT2D eigenvalue weighted by molar-refractivity contribution is 6.22. The van der Waals surface area contributed by atoms with E-state index in [1.807, 2.05) is 6.07 Å². The van der Waals surface area contributed by atoms with Crippen LogP contribution in [0.15, 0.2) is 77.8 Å². The van der Waals surface area contributed by atoms with Gasteiger partial charge in [0.05, 0.1) is 17.0 Å². The fourth-order valence-electron chi connectivity index (χ4n) is 3.18.